The molecule has 3 nitrogen and oxygen atoms in total. The molecular weight excluding hydrogens is 231 g/mol. The molecule has 0 aliphatic carbocycles. The van der Waals surface area contributed by atoms with Crippen molar-refractivity contribution in [3.8, 4) is 5.75 Å². The van der Waals surface area contributed by atoms with Gasteiger partial charge in [-0.05, 0) is 24.6 Å². The third-order valence-corrected chi connectivity index (χ3v) is 2.85. The predicted octanol–water partition coefficient (Wildman–Crippen LogP) is 2.78. The van der Waals surface area contributed by atoms with Gasteiger partial charge in [-0.2, -0.15) is 0 Å². The number of hydrogen-bond acceptors (Lipinski definition) is 3. The van der Waals surface area contributed by atoms with Gasteiger partial charge in [-0.3, -0.25) is 4.98 Å². The van der Waals surface area contributed by atoms with Gasteiger partial charge in [0.25, 0.3) is 0 Å². The normalized spacial score (nSPS) is 12.3. The number of nitrogens with one attached hydrogen (secondary N) is 1. The van der Waals surface area contributed by atoms with Crippen LogP contribution >= 0.6 is 0 Å². The fourth-order valence-electron chi connectivity index (χ4n) is 1.72. The minimum Gasteiger partial charge on any atom is -0.505 e. The minimum absolute atomic E-state index is 0.0846. The number of halogens is 1. The van der Waals surface area contributed by atoms with E-state index in [2.05, 4.69) is 10.3 Å². The van der Waals surface area contributed by atoms with E-state index in [1.165, 1.54) is 6.07 Å². The zero-order valence-corrected chi connectivity index (χ0v) is 10.1. The van der Waals surface area contributed by atoms with Crippen molar-refractivity contribution in [2.45, 2.75) is 19.5 Å². The second-order valence-electron chi connectivity index (χ2n) is 4.14. The molecule has 1 heterocycles. The Kier molecular flexibility index (Phi) is 3.89. The highest BCUT2D eigenvalue weighted by Crippen LogP contribution is 2.21. The van der Waals surface area contributed by atoms with Crippen LogP contribution in [0, 0.1) is 5.82 Å². The van der Waals surface area contributed by atoms with Crippen molar-refractivity contribution in [2.75, 3.05) is 0 Å². The quantitative estimate of drug-likeness (QED) is 0.872. The molecule has 0 radical (unpaired) electrons. The Hall–Kier alpha value is -1.94. The van der Waals surface area contributed by atoms with Crippen LogP contribution in [0.4, 0.5) is 4.39 Å². The van der Waals surface area contributed by atoms with Crippen molar-refractivity contribution < 1.29 is 9.50 Å². The Labute approximate surface area is 105 Å². The van der Waals surface area contributed by atoms with Crippen molar-refractivity contribution in [1.82, 2.24) is 10.3 Å². The number of aromatic hydroxyl groups is 1. The lowest BCUT2D eigenvalue weighted by molar-refractivity contribution is 0.421. The van der Waals surface area contributed by atoms with E-state index in [1.54, 1.807) is 24.5 Å². The molecule has 2 N–H and O–H groups in total. The van der Waals surface area contributed by atoms with Gasteiger partial charge in [-0.25, -0.2) is 4.39 Å². The van der Waals surface area contributed by atoms with Gasteiger partial charge in [0, 0.05) is 30.5 Å². The number of aromatic nitrogens is 1. The van der Waals surface area contributed by atoms with Gasteiger partial charge in [-0.1, -0.05) is 18.2 Å². The molecule has 0 aliphatic heterocycles. The van der Waals surface area contributed by atoms with Crippen LogP contribution in [0.25, 0.3) is 0 Å². The number of pyridine rings is 1. The van der Waals surface area contributed by atoms with Crippen LogP contribution < -0.4 is 5.32 Å². The topological polar surface area (TPSA) is 45.1 Å². The van der Waals surface area contributed by atoms with Crippen LogP contribution in [0.2, 0.25) is 0 Å². The molecule has 18 heavy (non-hydrogen) atoms. The van der Waals surface area contributed by atoms with E-state index >= 15 is 0 Å². The Morgan fingerprint density at radius 3 is 2.89 bits per heavy atom. The van der Waals surface area contributed by atoms with Crippen LogP contribution in [0.5, 0.6) is 5.75 Å². The van der Waals surface area contributed by atoms with E-state index < -0.39 is 5.82 Å². The molecule has 0 saturated heterocycles. The summed E-state index contributed by atoms with van der Waals surface area (Å²) in [5.41, 5.74) is 1.60. The van der Waals surface area contributed by atoms with Gasteiger partial charge < -0.3 is 10.4 Å². The number of hydrogen-bond donors (Lipinski definition) is 2. The summed E-state index contributed by atoms with van der Waals surface area (Å²) in [6, 6.07) is 8.44. The van der Waals surface area contributed by atoms with Crippen molar-refractivity contribution in [1.29, 1.82) is 0 Å². The van der Waals surface area contributed by atoms with E-state index in [0.717, 1.165) is 5.56 Å². The van der Waals surface area contributed by atoms with Crippen LogP contribution in [0.15, 0.2) is 42.7 Å². The number of rotatable bonds is 4. The smallest absolute Gasteiger partial charge is 0.165 e. The average molecular weight is 246 g/mol. The second-order valence-corrected chi connectivity index (χ2v) is 4.14. The summed E-state index contributed by atoms with van der Waals surface area (Å²) in [4.78, 5) is 4.04. The molecule has 1 aromatic carbocycles. The highest BCUT2D eigenvalue weighted by Gasteiger charge is 2.09. The summed E-state index contributed by atoms with van der Waals surface area (Å²) in [6.45, 7) is 2.40. The lowest BCUT2D eigenvalue weighted by atomic mass is 10.1. The third kappa shape index (κ3) is 2.84. The van der Waals surface area contributed by atoms with Crippen molar-refractivity contribution in [3.63, 3.8) is 0 Å². The molecule has 0 fully saturated rings. The largest absolute Gasteiger partial charge is 0.505 e. The van der Waals surface area contributed by atoms with Crippen molar-refractivity contribution in [2.24, 2.45) is 0 Å². The fraction of sp³-hybridized carbons (Fsp3) is 0.214. The summed E-state index contributed by atoms with van der Waals surface area (Å²) in [6.07, 6.45) is 3.50. The van der Waals surface area contributed by atoms with Crippen LogP contribution in [0.3, 0.4) is 0 Å². The molecule has 1 aromatic heterocycles. The summed E-state index contributed by atoms with van der Waals surface area (Å²) < 4.78 is 13.1. The summed E-state index contributed by atoms with van der Waals surface area (Å²) in [7, 11) is 0. The maximum Gasteiger partial charge on any atom is 0.165 e. The van der Waals surface area contributed by atoms with E-state index in [9.17, 15) is 9.50 Å². The molecule has 0 saturated carbocycles. The molecule has 0 amide bonds. The molecule has 2 aromatic rings. The van der Waals surface area contributed by atoms with E-state index in [4.69, 9.17) is 0 Å². The lowest BCUT2D eigenvalue weighted by Crippen LogP contribution is -2.18. The first kappa shape index (κ1) is 12.5. The Morgan fingerprint density at radius 2 is 2.17 bits per heavy atom. The van der Waals surface area contributed by atoms with Gasteiger partial charge in [-0.15, -0.1) is 0 Å². The second kappa shape index (κ2) is 5.60. The molecule has 4 heteroatoms. The monoisotopic (exact) mass is 246 g/mol. The summed E-state index contributed by atoms with van der Waals surface area (Å²) in [5.74, 6) is -0.883. The van der Waals surface area contributed by atoms with Gasteiger partial charge in [0.05, 0.1) is 0 Å². The van der Waals surface area contributed by atoms with Gasteiger partial charge in [0.2, 0.25) is 0 Å². The molecule has 94 valence electrons. The minimum atomic E-state index is -0.594. The third-order valence-electron chi connectivity index (χ3n) is 2.85. The van der Waals surface area contributed by atoms with E-state index in [-0.39, 0.29) is 11.8 Å². The van der Waals surface area contributed by atoms with E-state index in [0.29, 0.717) is 12.1 Å². The average Bonchev–Trinajstić information content (AvgIpc) is 2.41. The lowest BCUT2D eigenvalue weighted by Gasteiger charge is -2.14. The highest BCUT2D eigenvalue weighted by atomic mass is 19.1. The van der Waals surface area contributed by atoms with Crippen molar-refractivity contribution in [3.05, 3.63) is 59.7 Å². The number of para-hydroxylation sites is 1. The number of benzene rings is 1. The standard InChI is InChI=1S/C14H15FN2O/c1-10(11-5-3-7-16-8-11)17-9-12-4-2-6-13(15)14(12)18/h2-8,10,17-18H,9H2,1H3/t10-/m0/s1. The zero-order valence-electron chi connectivity index (χ0n) is 10.1. The van der Waals surface area contributed by atoms with Crippen LogP contribution in [-0.4, -0.2) is 10.1 Å². The number of nitrogens with zero attached hydrogens (tertiary/aromatic N) is 1. The predicted molar refractivity (Wildman–Crippen MR) is 67.6 cm³/mol. The molecule has 0 aliphatic rings. The molecular formula is C14H15FN2O. The molecule has 1 atom stereocenters. The summed E-state index contributed by atoms with van der Waals surface area (Å²) >= 11 is 0. The van der Waals surface area contributed by atoms with Crippen LogP contribution in [0.1, 0.15) is 24.1 Å². The highest BCUT2D eigenvalue weighted by molar-refractivity contribution is 5.33. The molecule has 0 bridgehead atoms. The first-order valence-corrected chi connectivity index (χ1v) is 5.78. The number of phenols is 1. The zero-order chi connectivity index (χ0) is 13.0. The maximum absolute atomic E-state index is 13.1. The maximum atomic E-state index is 13.1. The molecule has 2 rings (SSSR count). The number of phenolic OH excluding ortho intramolecular Hbond substituents is 1. The SMILES string of the molecule is C[C@H](NCc1cccc(F)c1O)c1cccnc1. The molecule has 0 unspecified atom stereocenters. The Bertz CT molecular complexity index is 516. The fourth-order valence-corrected chi connectivity index (χ4v) is 1.72. The Balaban J connectivity index is 2.02. The summed E-state index contributed by atoms with van der Waals surface area (Å²) in [5, 5.41) is 12.8. The van der Waals surface area contributed by atoms with E-state index in [1.807, 2.05) is 19.1 Å². The van der Waals surface area contributed by atoms with Gasteiger partial charge >= 0.3 is 0 Å². The first-order chi connectivity index (χ1) is 8.68. The van der Waals surface area contributed by atoms with Gasteiger partial charge in [0.15, 0.2) is 11.6 Å². The Morgan fingerprint density at radius 1 is 1.33 bits per heavy atom. The van der Waals surface area contributed by atoms with Crippen LogP contribution in [-0.2, 0) is 6.54 Å². The van der Waals surface area contributed by atoms with Gasteiger partial charge in [0.1, 0.15) is 0 Å². The van der Waals surface area contributed by atoms with Crippen molar-refractivity contribution >= 4 is 0 Å². The molecule has 0 spiro atoms. The first-order valence-electron chi connectivity index (χ1n) is 5.78.